The van der Waals surface area contributed by atoms with Gasteiger partial charge in [0.2, 0.25) is 5.95 Å². The van der Waals surface area contributed by atoms with Crippen LogP contribution in [0.25, 0.3) is 21.9 Å². The number of carbonyl (C=O) groups excluding carboxylic acids is 1. The SMILES string of the molecule is CCCCCc1ccc(C(=O)Nc2ccc3c(c2)nc(N)n3CCc2c[nH]c3ccccc23)cc1. The Bertz CT molecular complexity index is 1460. The van der Waals surface area contributed by atoms with Crippen LogP contribution < -0.4 is 11.1 Å². The lowest BCUT2D eigenvalue weighted by Crippen LogP contribution is -2.11. The number of hydrogen-bond donors (Lipinski definition) is 3. The van der Waals surface area contributed by atoms with Crippen molar-refractivity contribution in [2.75, 3.05) is 11.1 Å². The quantitative estimate of drug-likeness (QED) is 0.222. The van der Waals surface area contributed by atoms with Crippen molar-refractivity contribution in [3.63, 3.8) is 0 Å². The van der Waals surface area contributed by atoms with Gasteiger partial charge in [-0.15, -0.1) is 0 Å². The molecular formula is C29H31N5O. The number of hydrogen-bond acceptors (Lipinski definition) is 3. The molecule has 35 heavy (non-hydrogen) atoms. The van der Waals surface area contributed by atoms with E-state index in [1.165, 1.54) is 35.8 Å². The van der Waals surface area contributed by atoms with E-state index in [-0.39, 0.29) is 5.91 Å². The van der Waals surface area contributed by atoms with Crippen LogP contribution in [0.15, 0.2) is 72.9 Å². The summed E-state index contributed by atoms with van der Waals surface area (Å²) in [6.07, 6.45) is 7.57. The van der Waals surface area contributed by atoms with Gasteiger partial charge in [-0.25, -0.2) is 4.98 Å². The highest BCUT2D eigenvalue weighted by Crippen LogP contribution is 2.24. The number of rotatable bonds is 9. The van der Waals surface area contributed by atoms with Gasteiger partial charge in [-0.2, -0.15) is 0 Å². The minimum Gasteiger partial charge on any atom is -0.369 e. The lowest BCUT2D eigenvalue weighted by atomic mass is 10.1. The minimum atomic E-state index is -0.129. The predicted octanol–water partition coefficient (Wildman–Crippen LogP) is 6.33. The van der Waals surface area contributed by atoms with Crippen molar-refractivity contribution in [1.29, 1.82) is 0 Å². The maximum atomic E-state index is 12.8. The monoisotopic (exact) mass is 465 g/mol. The van der Waals surface area contributed by atoms with Gasteiger partial charge in [0.1, 0.15) is 0 Å². The first-order valence-electron chi connectivity index (χ1n) is 12.3. The number of anilines is 2. The summed E-state index contributed by atoms with van der Waals surface area (Å²) in [5.74, 6) is 0.346. The van der Waals surface area contributed by atoms with Crippen LogP contribution in [0.3, 0.4) is 0 Å². The highest BCUT2D eigenvalue weighted by molar-refractivity contribution is 6.05. The number of fused-ring (bicyclic) bond motifs is 2. The number of nitrogens with zero attached hydrogens (tertiary/aromatic N) is 2. The van der Waals surface area contributed by atoms with Crippen molar-refractivity contribution in [3.8, 4) is 0 Å². The van der Waals surface area contributed by atoms with Gasteiger partial charge in [-0.05, 0) is 66.8 Å². The molecule has 2 heterocycles. The van der Waals surface area contributed by atoms with Gasteiger partial charge in [-0.1, -0.05) is 50.1 Å². The Balaban J connectivity index is 1.27. The number of amides is 1. The maximum absolute atomic E-state index is 12.8. The molecule has 5 aromatic rings. The van der Waals surface area contributed by atoms with Crippen molar-refractivity contribution < 1.29 is 4.79 Å². The Hall–Kier alpha value is -4.06. The number of nitrogens with one attached hydrogen (secondary N) is 2. The normalized spacial score (nSPS) is 11.3. The molecule has 0 fully saturated rings. The molecule has 0 saturated heterocycles. The number of para-hydroxylation sites is 1. The minimum absolute atomic E-state index is 0.129. The molecule has 6 heteroatoms. The van der Waals surface area contributed by atoms with Crippen molar-refractivity contribution >= 4 is 39.5 Å². The average molecular weight is 466 g/mol. The zero-order chi connectivity index (χ0) is 24.2. The Morgan fingerprint density at radius 1 is 1.03 bits per heavy atom. The Kier molecular flexibility index (Phi) is 6.53. The van der Waals surface area contributed by atoms with Crippen LogP contribution in [0.2, 0.25) is 0 Å². The van der Waals surface area contributed by atoms with Gasteiger partial charge >= 0.3 is 0 Å². The Morgan fingerprint density at radius 2 is 1.86 bits per heavy atom. The highest BCUT2D eigenvalue weighted by atomic mass is 16.1. The third-order valence-electron chi connectivity index (χ3n) is 6.60. The van der Waals surface area contributed by atoms with E-state index in [2.05, 4.69) is 46.6 Å². The molecule has 0 aliphatic rings. The lowest BCUT2D eigenvalue weighted by molar-refractivity contribution is 0.102. The van der Waals surface area contributed by atoms with Gasteiger partial charge in [0.15, 0.2) is 0 Å². The molecule has 0 radical (unpaired) electrons. The van der Waals surface area contributed by atoms with Crippen LogP contribution in [-0.2, 0) is 19.4 Å². The predicted molar refractivity (Wildman–Crippen MR) is 144 cm³/mol. The van der Waals surface area contributed by atoms with Crippen LogP contribution >= 0.6 is 0 Å². The second-order valence-corrected chi connectivity index (χ2v) is 9.04. The maximum Gasteiger partial charge on any atom is 0.255 e. The number of unbranched alkanes of at least 4 members (excludes halogenated alkanes) is 2. The summed E-state index contributed by atoms with van der Waals surface area (Å²) >= 11 is 0. The number of aromatic amines is 1. The number of carbonyl (C=O) groups is 1. The van der Waals surface area contributed by atoms with Crippen molar-refractivity contribution in [3.05, 3.63) is 89.6 Å². The molecule has 0 aliphatic carbocycles. The van der Waals surface area contributed by atoms with E-state index < -0.39 is 0 Å². The standard InChI is InChI=1S/C29H31N5O/c1-2-3-4-7-20-10-12-21(13-11-20)28(35)32-23-14-15-27-26(18-23)33-29(30)34(27)17-16-22-19-31-25-9-6-5-8-24(22)25/h5-6,8-15,18-19,31H,2-4,7,16-17H2,1H3,(H2,30,33)(H,32,35). The van der Waals surface area contributed by atoms with E-state index in [9.17, 15) is 4.79 Å². The fourth-order valence-corrected chi connectivity index (χ4v) is 4.64. The molecule has 6 nitrogen and oxygen atoms in total. The molecule has 0 bridgehead atoms. The first-order chi connectivity index (χ1) is 17.1. The molecule has 3 aromatic carbocycles. The fourth-order valence-electron chi connectivity index (χ4n) is 4.64. The summed E-state index contributed by atoms with van der Waals surface area (Å²) in [6.45, 7) is 2.93. The van der Waals surface area contributed by atoms with Gasteiger partial charge in [0, 0.05) is 34.9 Å². The molecule has 5 rings (SSSR count). The van der Waals surface area contributed by atoms with Crippen molar-refractivity contribution in [1.82, 2.24) is 14.5 Å². The van der Waals surface area contributed by atoms with Crippen LogP contribution in [0.5, 0.6) is 0 Å². The summed E-state index contributed by atoms with van der Waals surface area (Å²) in [4.78, 5) is 20.6. The molecule has 0 unspecified atom stereocenters. The third-order valence-corrected chi connectivity index (χ3v) is 6.60. The van der Waals surface area contributed by atoms with Gasteiger partial charge in [0.05, 0.1) is 11.0 Å². The number of imidazole rings is 1. The van der Waals surface area contributed by atoms with Crippen LogP contribution in [0, 0.1) is 0 Å². The molecule has 178 valence electrons. The number of aromatic nitrogens is 3. The molecule has 4 N–H and O–H groups in total. The van der Waals surface area contributed by atoms with Crippen LogP contribution in [0.4, 0.5) is 11.6 Å². The molecule has 0 spiro atoms. The largest absolute Gasteiger partial charge is 0.369 e. The van der Waals surface area contributed by atoms with E-state index in [1.807, 2.05) is 53.1 Å². The topological polar surface area (TPSA) is 88.7 Å². The summed E-state index contributed by atoms with van der Waals surface area (Å²) in [7, 11) is 0. The summed E-state index contributed by atoms with van der Waals surface area (Å²) in [5, 5.41) is 4.22. The smallest absolute Gasteiger partial charge is 0.255 e. The van der Waals surface area contributed by atoms with Gasteiger partial charge in [0.25, 0.3) is 5.91 Å². The Labute approximate surface area is 205 Å². The molecule has 0 aliphatic heterocycles. The number of benzene rings is 3. The van der Waals surface area contributed by atoms with E-state index in [1.54, 1.807) is 0 Å². The second kappa shape index (κ2) is 10.1. The van der Waals surface area contributed by atoms with E-state index >= 15 is 0 Å². The number of nitrogen functional groups attached to an aromatic ring is 1. The fraction of sp³-hybridized carbons (Fsp3) is 0.241. The van der Waals surface area contributed by atoms with E-state index in [0.29, 0.717) is 17.2 Å². The van der Waals surface area contributed by atoms with Crippen molar-refractivity contribution in [2.45, 2.75) is 45.6 Å². The number of H-pyrrole nitrogens is 1. The first-order valence-corrected chi connectivity index (χ1v) is 12.3. The zero-order valence-corrected chi connectivity index (χ0v) is 20.1. The van der Waals surface area contributed by atoms with E-state index in [0.717, 1.165) is 35.9 Å². The van der Waals surface area contributed by atoms with Gasteiger partial charge in [-0.3, -0.25) is 4.79 Å². The summed E-state index contributed by atoms with van der Waals surface area (Å²) in [6, 6.07) is 21.9. The molecule has 0 saturated carbocycles. The average Bonchev–Trinajstić information content (AvgIpc) is 3.42. The number of aryl methyl sites for hydroxylation is 3. The van der Waals surface area contributed by atoms with Crippen LogP contribution in [-0.4, -0.2) is 20.4 Å². The third kappa shape index (κ3) is 4.92. The molecular weight excluding hydrogens is 434 g/mol. The van der Waals surface area contributed by atoms with Crippen molar-refractivity contribution in [2.24, 2.45) is 0 Å². The zero-order valence-electron chi connectivity index (χ0n) is 20.1. The highest BCUT2D eigenvalue weighted by Gasteiger charge is 2.12. The first kappa shape index (κ1) is 22.7. The summed E-state index contributed by atoms with van der Waals surface area (Å²) in [5.41, 5.74) is 13.0. The summed E-state index contributed by atoms with van der Waals surface area (Å²) < 4.78 is 2.03. The second-order valence-electron chi connectivity index (χ2n) is 9.04. The molecule has 1 amide bonds. The Morgan fingerprint density at radius 3 is 2.69 bits per heavy atom. The lowest BCUT2D eigenvalue weighted by Gasteiger charge is -2.08. The van der Waals surface area contributed by atoms with Crippen LogP contribution in [0.1, 0.15) is 47.7 Å². The number of nitrogens with two attached hydrogens (primary N) is 1. The van der Waals surface area contributed by atoms with Gasteiger partial charge < -0.3 is 20.6 Å². The van der Waals surface area contributed by atoms with E-state index in [4.69, 9.17) is 5.73 Å². The molecule has 2 aromatic heterocycles. The molecule has 0 atom stereocenters.